The van der Waals surface area contributed by atoms with Crippen LogP contribution in [0.1, 0.15) is 5.56 Å². The largest absolute Gasteiger partial charge is 0.378 e. The lowest BCUT2D eigenvalue weighted by Crippen LogP contribution is -2.45. The first kappa shape index (κ1) is 14.3. The van der Waals surface area contributed by atoms with Crippen molar-refractivity contribution >= 4 is 17.9 Å². The lowest BCUT2D eigenvalue weighted by Gasteiger charge is -2.26. The summed E-state index contributed by atoms with van der Waals surface area (Å²) in [6, 6.07) is 9.53. The molecule has 2 amide bonds. The highest BCUT2D eigenvalue weighted by molar-refractivity contribution is 5.94. The maximum Gasteiger partial charge on any atom is 0.244 e. The molecule has 0 saturated carbocycles. The lowest BCUT2D eigenvalue weighted by atomic mass is 10.2. The number of rotatable bonds is 4. The molecule has 1 fully saturated rings. The molecule has 0 aromatic heterocycles. The lowest BCUT2D eigenvalue weighted by molar-refractivity contribution is -0.135. The fraction of sp³-hybridized carbons (Fsp3) is 0.333. The van der Waals surface area contributed by atoms with Crippen LogP contribution in [0, 0.1) is 0 Å². The summed E-state index contributed by atoms with van der Waals surface area (Å²) < 4.78 is 5.17. The third-order valence-electron chi connectivity index (χ3n) is 3.00. The number of amides is 2. The van der Waals surface area contributed by atoms with Gasteiger partial charge in [-0.2, -0.15) is 0 Å². The molecule has 1 aliphatic heterocycles. The highest BCUT2D eigenvalue weighted by Gasteiger charge is 2.16. The Hall–Kier alpha value is -2.14. The fourth-order valence-corrected chi connectivity index (χ4v) is 1.88. The Bertz CT molecular complexity index is 479. The van der Waals surface area contributed by atoms with Gasteiger partial charge in [0, 0.05) is 19.2 Å². The SMILES string of the molecule is O=C(/C=C/c1ccccc1)NCC(=O)N1CCOCC1. The van der Waals surface area contributed by atoms with E-state index in [1.165, 1.54) is 6.08 Å². The summed E-state index contributed by atoms with van der Waals surface area (Å²) >= 11 is 0. The molecule has 1 aliphatic rings. The van der Waals surface area contributed by atoms with Gasteiger partial charge in [0.1, 0.15) is 0 Å². The van der Waals surface area contributed by atoms with E-state index in [0.717, 1.165) is 5.56 Å². The van der Waals surface area contributed by atoms with Crippen molar-refractivity contribution in [3.05, 3.63) is 42.0 Å². The zero-order valence-electron chi connectivity index (χ0n) is 11.2. The summed E-state index contributed by atoms with van der Waals surface area (Å²) in [4.78, 5) is 25.1. The molecule has 1 aromatic rings. The van der Waals surface area contributed by atoms with Gasteiger partial charge in [-0.15, -0.1) is 0 Å². The van der Waals surface area contributed by atoms with Gasteiger partial charge in [-0.25, -0.2) is 0 Å². The molecular weight excluding hydrogens is 256 g/mol. The van der Waals surface area contributed by atoms with Gasteiger partial charge < -0.3 is 15.0 Å². The van der Waals surface area contributed by atoms with E-state index in [4.69, 9.17) is 4.74 Å². The molecule has 1 N–H and O–H groups in total. The predicted molar refractivity (Wildman–Crippen MR) is 75.9 cm³/mol. The molecule has 0 spiro atoms. The van der Waals surface area contributed by atoms with Crippen LogP contribution in [-0.4, -0.2) is 49.6 Å². The number of ether oxygens (including phenoxy) is 1. The Morgan fingerprint density at radius 1 is 1.20 bits per heavy atom. The standard InChI is InChI=1S/C15H18N2O3/c18-14(7-6-13-4-2-1-3-5-13)16-12-15(19)17-8-10-20-11-9-17/h1-7H,8-12H2,(H,16,18)/b7-6+. The van der Waals surface area contributed by atoms with Gasteiger partial charge in [0.2, 0.25) is 11.8 Å². The molecular formula is C15H18N2O3. The second kappa shape index (κ2) is 7.45. The zero-order valence-corrected chi connectivity index (χ0v) is 11.2. The highest BCUT2D eigenvalue weighted by atomic mass is 16.5. The molecule has 2 rings (SSSR count). The van der Waals surface area contributed by atoms with E-state index >= 15 is 0 Å². The Labute approximate surface area is 118 Å². The first-order chi connectivity index (χ1) is 9.75. The second-order valence-corrected chi connectivity index (χ2v) is 4.45. The smallest absolute Gasteiger partial charge is 0.244 e. The van der Waals surface area contributed by atoms with Crippen molar-refractivity contribution in [1.82, 2.24) is 10.2 Å². The van der Waals surface area contributed by atoms with Crippen LogP contribution in [0.25, 0.3) is 6.08 Å². The summed E-state index contributed by atoms with van der Waals surface area (Å²) in [5.41, 5.74) is 0.946. The van der Waals surface area contributed by atoms with Crippen molar-refractivity contribution in [3.63, 3.8) is 0 Å². The Kier molecular flexibility index (Phi) is 5.32. The van der Waals surface area contributed by atoms with E-state index < -0.39 is 0 Å². The molecule has 0 unspecified atom stereocenters. The Morgan fingerprint density at radius 3 is 2.60 bits per heavy atom. The second-order valence-electron chi connectivity index (χ2n) is 4.45. The van der Waals surface area contributed by atoms with Crippen molar-refractivity contribution in [1.29, 1.82) is 0 Å². The van der Waals surface area contributed by atoms with Crippen molar-refractivity contribution in [2.24, 2.45) is 0 Å². The van der Waals surface area contributed by atoms with E-state index in [9.17, 15) is 9.59 Å². The van der Waals surface area contributed by atoms with Crippen molar-refractivity contribution in [2.45, 2.75) is 0 Å². The van der Waals surface area contributed by atoms with Crippen LogP contribution in [-0.2, 0) is 14.3 Å². The summed E-state index contributed by atoms with van der Waals surface area (Å²) in [5, 5.41) is 2.59. The maximum absolute atomic E-state index is 11.8. The fourth-order valence-electron chi connectivity index (χ4n) is 1.88. The normalized spacial score (nSPS) is 15.3. The van der Waals surface area contributed by atoms with Crippen LogP contribution in [0.3, 0.4) is 0 Å². The number of benzene rings is 1. The minimum absolute atomic E-state index is 0.0258. The molecule has 5 heteroatoms. The van der Waals surface area contributed by atoms with Gasteiger partial charge >= 0.3 is 0 Å². The summed E-state index contributed by atoms with van der Waals surface area (Å²) in [6.45, 7) is 2.34. The monoisotopic (exact) mass is 274 g/mol. The van der Waals surface area contributed by atoms with Crippen LogP contribution in [0.4, 0.5) is 0 Å². The van der Waals surface area contributed by atoms with Gasteiger partial charge in [-0.05, 0) is 11.6 Å². The number of carbonyl (C=O) groups excluding carboxylic acids is 2. The molecule has 20 heavy (non-hydrogen) atoms. The Morgan fingerprint density at radius 2 is 1.90 bits per heavy atom. The molecule has 106 valence electrons. The molecule has 1 saturated heterocycles. The average Bonchev–Trinajstić information content (AvgIpc) is 2.52. The van der Waals surface area contributed by atoms with E-state index in [0.29, 0.717) is 26.3 Å². The van der Waals surface area contributed by atoms with Crippen LogP contribution in [0.2, 0.25) is 0 Å². The van der Waals surface area contributed by atoms with Crippen LogP contribution in [0.5, 0.6) is 0 Å². The molecule has 5 nitrogen and oxygen atoms in total. The maximum atomic E-state index is 11.8. The third kappa shape index (κ3) is 4.51. The molecule has 0 aliphatic carbocycles. The highest BCUT2D eigenvalue weighted by Crippen LogP contribution is 2.00. The molecule has 1 heterocycles. The zero-order chi connectivity index (χ0) is 14.2. The predicted octanol–water partition coefficient (Wildman–Crippen LogP) is 0.675. The molecule has 1 aromatic carbocycles. The third-order valence-corrected chi connectivity index (χ3v) is 3.00. The number of hydrogen-bond acceptors (Lipinski definition) is 3. The van der Waals surface area contributed by atoms with Crippen molar-refractivity contribution in [3.8, 4) is 0 Å². The number of morpholine rings is 1. The van der Waals surface area contributed by atoms with Gasteiger partial charge in [0.05, 0.1) is 19.8 Å². The van der Waals surface area contributed by atoms with Crippen LogP contribution < -0.4 is 5.32 Å². The summed E-state index contributed by atoms with van der Waals surface area (Å²) in [7, 11) is 0. The average molecular weight is 274 g/mol. The number of hydrogen-bond donors (Lipinski definition) is 1. The first-order valence-electron chi connectivity index (χ1n) is 6.62. The van der Waals surface area contributed by atoms with E-state index in [1.807, 2.05) is 30.3 Å². The summed E-state index contributed by atoms with van der Waals surface area (Å²) in [5.74, 6) is -0.342. The Balaban J connectivity index is 1.74. The minimum Gasteiger partial charge on any atom is -0.378 e. The number of nitrogens with one attached hydrogen (secondary N) is 1. The van der Waals surface area contributed by atoms with Gasteiger partial charge in [0.15, 0.2) is 0 Å². The molecule has 0 bridgehead atoms. The van der Waals surface area contributed by atoms with Crippen LogP contribution in [0.15, 0.2) is 36.4 Å². The van der Waals surface area contributed by atoms with Gasteiger partial charge in [-0.1, -0.05) is 30.3 Å². The van der Waals surface area contributed by atoms with Crippen molar-refractivity contribution < 1.29 is 14.3 Å². The first-order valence-corrected chi connectivity index (χ1v) is 6.62. The topological polar surface area (TPSA) is 58.6 Å². The summed E-state index contributed by atoms with van der Waals surface area (Å²) in [6.07, 6.45) is 3.15. The van der Waals surface area contributed by atoms with E-state index in [-0.39, 0.29) is 18.4 Å². The molecule has 0 atom stereocenters. The van der Waals surface area contributed by atoms with Crippen molar-refractivity contribution in [2.75, 3.05) is 32.8 Å². The van der Waals surface area contributed by atoms with Gasteiger partial charge in [0.25, 0.3) is 0 Å². The quantitative estimate of drug-likeness (QED) is 0.821. The van der Waals surface area contributed by atoms with Gasteiger partial charge in [-0.3, -0.25) is 9.59 Å². The number of nitrogens with zero attached hydrogens (tertiary/aromatic N) is 1. The van der Waals surface area contributed by atoms with E-state index in [1.54, 1.807) is 11.0 Å². The minimum atomic E-state index is -0.268. The van der Waals surface area contributed by atoms with E-state index in [2.05, 4.69) is 5.32 Å². The van der Waals surface area contributed by atoms with Crippen LogP contribution >= 0.6 is 0 Å². The molecule has 0 radical (unpaired) electrons. The number of carbonyl (C=O) groups is 2.